The molecule has 146 valence electrons. The molecule has 0 unspecified atom stereocenters. The Morgan fingerprint density at radius 3 is 2.53 bits per heavy atom. The van der Waals surface area contributed by atoms with E-state index in [1.54, 1.807) is 18.5 Å². The Morgan fingerprint density at radius 2 is 1.67 bits per heavy atom. The topological polar surface area (TPSA) is 85.7 Å². The maximum absolute atomic E-state index is 6.06. The Bertz CT molecular complexity index is 1390. The van der Waals surface area contributed by atoms with E-state index in [4.69, 9.17) is 16.3 Å². The van der Waals surface area contributed by atoms with Gasteiger partial charge < -0.3 is 10.1 Å². The fourth-order valence-electron chi connectivity index (χ4n) is 3.12. The number of anilines is 2. The van der Waals surface area contributed by atoms with E-state index in [1.807, 2.05) is 49.4 Å². The molecule has 0 amide bonds. The minimum atomic E-state index is 0.389. The van der Waals surface area contributed by atoms with Crippen molar-refractivity contribution in [1.82, 2.24) is 24.9 Å². The van der Waals surface area contributed by atoms with Crippen molar-refractivity contribution < 1.29 is 4.74 Å². The first-order valence-corrected chi connectivity index (χ1v) is 9.57. The van der Waals surface area contributed by atoms with Gasteiger partial charge >= 0.3 is 0 Å². The number of halogens is 1. The van der Waals surface area contributed by atoms with Crippen LogP contribution in [-0.4, -0.2) is 24.9 Å². The number of pyridine rings is 1. The fraction of sp³-hybridized carbons (Fsp3) is 0.0455. The van der Waals surface area contributed by atoms with E-state index in [9.17, 15) is 0 Å². The molecule has 0 atom stereocenters. The number of benzene rings is 2. The minimum absolute atomic E-state index is 0.389. The average Bonchev–Trinajstić information content (AvgIpc) is 2.76. The first kappa shape index (κ1) is 18.2. The van der Waals surface area contributed by atoms with E-state index in [2.05, 4.69) is 30.2 Å². The second-order valence-corrected chi connectivity index (χ2v) is 7.03. The van der Waals surface area contributed by atoms with E-state index in [1.165, 1.54) is 6.33 Å². The Hall–Kier alpha value is -3.84. The Balaban J connectivity index is 1.41. The molecule has 0 fully saturated rings. The summed E-state index contributed by atoms with van der Waals surface area (Å²) < 4.78 is 6.06. The molecule has 0 spiro atoms. The van der Waals surface area contributed by atoms with Crippen molar-refractivity contribution in [2.24, 2.45) is 0 Å². The zero-order chi connectivity index (χ0) is 20.5. The van der Waals surface area contributed by atoms with Gasteiger partial charge in [0, 0.05) is 24.1 Å². The fourth-order valence-corrected chi connectivity index (χ4v) is 3.27. The number of aryl methyl sites for hydroxylation is 1. The van der Waals surface area contributed by atoms with Gasteiger partial charge in [-0.2, -0.15) is 0 Å². The monoisotopic (exact) mass is 414 g/mol. The van der Waals surface area contributed by atoms with Gasteiger partial charge in [0.15, 0.2) is 5.82 Å². The number of aromatic nitrogens is 5. The van der Waals surface area contributed by atoms with Crippen LogP contribution < -0.4 is 10.1 Å². The Kier molecular flexibility index (Phi) is 4.57. The summed E-state index contributed by atoms with van der Waals surface area (Å²) in [5.41, 5.74) is 4.75. The van der Waals surface area contributed by atoms with Gasteiger partial charge in [-0.1, -0.05) is 11.6 Å². The number of fused-ring (bicyclic) bond motifs is 2. The van der Waals surface area contributed by atoms with E-state index >= 15 is 0 Å². The van der Waals surface area contributed by atoms with E-state index in [-0.39, 0.29) is 0 Å². The molecule has 0 saturated heterocycles. The number of hydrogen-bond acceptors (Lipinski definition) is 7. The molecule has 0 aliphatic heterocycles. The molecule has 30 heavy (non-hydrogen) atoms. The predicted molar refractivity (Wildman–Crippen MR) is 116 cm³/mol. The number of ether oxygens (including phenoxy) is 1. The van der Waals surface area contributed by atoms with Crippen molar-refractivity contribution in [2.75, 3.05) is 5.32 Å². The quantitative estimate of drug-likeness (QED) is 0.390. The molecule has 0 radical (unpaired) electrons. The summed E-state index contributed by atoms with van der Waals surface area (Å²) in [4.78, 5) is 21.5. The molecule has 1 N–H and O–H groups in total. The second kappa shape index (κ2) is 7.53. The highest BCUT2D eigenvalue weighted by atomic mass is 35.5. The van der Waals surface area contributed by atoms with Crippen LogP contribution >= 0.6 is 11.6 Å². The summed E-state index contributed by atoms with van der Waals surface area (Å²) in [7, 11) is 0. The molecule has 3 heterocycles. The summed E-state index contributed by atoms with van der Waals surface area (Å²) in [6, 6.07) is 15.0. The van der Waals surface area contributed by atoms with Crippen LogP contribution in [0.3, 0.4) is 0 Å². The Labute approximate surface area is 176 Å². The van der Waals surface area contributed by atoms with Crippen LogP contribution in [0.4, 0.5) is 11.5 Å². The molecule has 5 aromatic rings. The summed E-state index contributed by atoms with van der Waals surface area (Å²) in [6.45, 7) is 1.98. The lowest BCUT2D eigenvalue weighted by atomic mass is 10.2. The standard InChI is InChI=1S/C22H15ClN6O/c1-13-10-14(28-22-21-17(26-12-27-22)5-7-20(23)29-21)2-6-19(13)30-15-3-4-16-18(11-15)25-9-8-24-16/h2-12H,1H3,(H,26,27,28). The first-order valence-electron chi connectivity index (χ1n) is 9.19. The number of nitrogens with one attached hydrogen (secondary N) is 1. The maximum atomic E-state index is 6.06. The van der Waals surface area contributed by atoms with Crippen LogP contribution in [0.15, 0.2) is 67.3 Å². The van der Waals surface area contributed by atoms with Gasteiger partial charge in [0.2, 0.25) is 0 Å². The molecule has 7 nitrogen and oxygen atoms in total. The molecule has 0 bridgehead atoms. The first-order chi connectivity index (χ1) is 14.7. The van der Waals surface area contributed by atoms with Gasteiger partial charge in [-0.3, -0.25) is 9.97 Å². The highest BCUT2D eigenvalue weighted by Gasteiger charge is 2.09. The maximum Gasteiger partial charge on any atom is 0.160 e. The molecule has 2 aromatic carbocycles. The molecule has 8 heteroatoms. The lowest BCUT2D eigenvalue weighted by molar-refractivity contribution is 0.479. The van der Waals surface area contributed by atoms with Gasteiger partial charge in [0.1, 0.15) is 28.5 Å². The smallest absolute Gasteiger partial charge is 0.160 e. The lowest BCUT2D eigenvalue weighted by Gasteiger charge is -2.12. The van der Waals surface area contributed by atoms with Gasteiger partial charge in [0.05, 0.1) is 16.6 Å². The van der Waals surface area contributed by atoms with Gasteiger partial charge in [-0.25, -0.2) is 15.0 Å². The molecular weight excluding hydrogens is 400 g/mol. The van der Waals surface area contributed by atoms with Crippen molar-refractivity contribution in [3.05, 3.63) is 78.0 Å². The molecular formula is C22H15ClN6O. The van der Waals surface area contributed by atoms with Crippen LogP contribution in [0.5, 0.6) is 11.5 Å². The Morgan fingerprint density at radius 1 is 0.833 bits per heavy atom. The molecule has 0 aliphatic carbocycles. The number of nitrogens with zero attached hydrogens (tertiary/aromatic N) is 5. The van der Waals surface area contributed by atoms with Gasteiger partial charge in [-0.05, 0) is 55.0 Å². The van der Waals surface area contributed by atoms with Gasteiger partial charge in [0.25, 0.3) is 0 Å². The van der Waals surface area contributed by atoms with E-state index in [0.29, 0.717) is 27.8 Å². The molecule has 0 aliphatic rings. The van der Waals surface area contributed by atoms with Crippen molar-refractivity contribution in [3.8, 4) is 11.5 Å². The van der Waals surface area contributed by atoms with Gasteiger partial charge in [-0.15, -0.1) is 0 Å². The second-order valence-electron chi connectivity index (χ2n) is 6.64. The highest BCUT2D eigenvalue weighted by molar-refractivity contribution is 6.29. The minimum Gasteiger partial charge on any atom is -0.457 e. The van der Waals surface area contributed by atoms with Crippen LogP contribution in [0.1, 0.15) is 5.56 Å². The van der Waals surface area contributed by atoms with Crippen LogP contribution in [0.25, 0.3) is 22.1 Å². The number of hydrogen-bond donors (Lipinski definition) is 1. The largest absolute Gasteiger partial charge is 0.457 e. The SMILES string of the molecule is Cc1cc(Nc2ncnc3ccc(Cl)nc23)ccc1Oc1ccc2nccnc2c1. The van der Waals surface area contributed by atoms with E-state index < -0.39 is 0 Å². The summed E-state index contributed by atoms with van der Waals surface area (Å²) in [5.74, 6) is 2.04. The summed E-state index contributed by atoms with van der Waals surface area (Å²) in [5, 5.41) is 3.67. The van der Waals surface area contributed by atoms with Crippen molar-refractivity contribution in [3.63, 3.8) is 0 Å². The molecule has 5 rings (SSSR count). The van der Waals surface area contributed by atoms with Crippen LogP contribution in [0, 0.1) is 6.92 Å². The lowest BCUT2D eigenvalue weighted by Crippen LogP contribution is -1.98. The third-order valence-corrected chi connectivity index (χ3v) is 4.76. The van der Waals surface area contributed by atoms with E-state index in [0.717, 1.165) is 28.0 Å². The third-order valence-electron chi connectivity index (χ3n) is 4.55. The van der Waals surface area contributed by atoms with Crippen LogP contribution in [0.2, 0.25) is 5.15 Å². The highest BCUT2D eigenvalue weighted by Crippen LogP contribution is 2.30. The summed E-state index contributed by atoms with van der Waals surface area (Å²) >= 11 is 6.03. The molecule has 3 aromatic heterocycles. The van der Waals surface area contributed by atoms with Crippen molar-refractivity contribution in [2.45, 2.75) is 6.92 Å². The number of rotatable bonds is 4. The summed E-state index contributed by atoms with van der Waals surface area (Å²) in [6.07, 6.45) is 4.83. The average molecular weight is 415 g/mol. The zero-order valence-corrected chi connectivity index (χ0v) is 16.6. The molecule has 0 saturated carbocycles. The van der Waals surface area contributed by atoms with Crippen molar-refractivity contribution in [1.29, 1.82) is 0 Å². The van der Waals surface area contributed by atoms with Crippen molar-refractivity contribution >= 4 is 45.2 Å². The predicted octanol–water partition coefficient (Wildman–Crippen LogP) is 5.47. The van der Waals surface area contributed by atoms with Crippen LogP contribution in [-0.2, 0) is 0 Å². The normalized spacial score (nSPS) is 11.0. The zero-order valence-electron chi connectivity index (χ0n) is 15.9. The third kappa shape index (κ3) is 3.58.